The van der Waals surface area contributed by atoms with E-state index in [1.165, 1.54) is 11.3 Å². The second kappa shape index (κ2) is 5.66. The molecule has 1 aromatic rings. The van der Waals surface area contributed by atoms with E-state index in [1.54, 1.807) is 0 Å². The zero-order valence-electron chi connectivity index (χ0n) is 9.30. The number of hydrogen-bond acceptors (Lipinski definition) is 2. The van der Waals surface area contributed by atoms with Crippen LogP contribution in [0.1, 0.15) is 25.8 Å². The van der Waals surface area contributed by atoms with Crippen molar-refractivity contribution in [2.45, 2.75) is 32.9 Å². The Bertz CT molecular complexity index is 271. The van der Waals surface area contributed by atoms with Crippen molar-refractivity contribution in [2.24, 2.45) is 0 Å². The lowest BCUT2D eigenvalue weighted by Crippen LogP contribution is -2.16. The molecule has 0 aliphatic rings. The number of nitrogens with one attached hydrogen (secondary N) is 2. The van der Waals surface area contributed by atoms with Crippen LogP contribution >= 0.6 is 0 Å². The number of para-hydroxylation sites is 1. The third-order valence-corrected chi connectivity index (χ3v) is 2.40. The van der Waals surface area contributed by atoms with Gasteiger partial charge in [-0.15, -0.1) is 0 Å². The van der Waals surface area contributed by atoms with Crippen LogP contribution in [0.2, 0.25) is 0 Å². The highest BCUT2D eigenvalue weighted by Crippen LogP contribution is 2.16. The summed E-state index contributed by atoms with van der Waals surface area (Å²) in [5.74, 6) is 0. The highest BCUT2D eigenvalue weighted by atomic mass is 14.9. The fourth-order valence-electron chi connectivity index (χ4n) is 1.37. The highest BCUT2D eigenvalue weighted by Gasteiger charge is 2.02. The van der Waals surface area contributed by atoms with Gasteiger partial charge in [-0.1, -0.05) is 25.1 Å². The summed E-state index contributed by atoms with van der Waals surface area (Å²) < 4.78 is 0. The predicted octanol–water partition coefficient (Wildman–Crippen LogP) is 2.62. The molecule has 2 heteroatoms. The van der Waals surface area contributed by atoms with Crippen molar-refractivity contribution < 1.29 is 0 Å². The summed E-state index contributed by atoms with van der Waals surface area (Å²) >= 11 is 0. The van der Waals surface area contributed by atoms with Crippen molar-refractivity contribution in [2.75, 3.05) is 12.4 Å². The van der Waals surface area contributed by atoms with Crippen LogP contribution in [0.5, 0.6) is 0 Å². The summed E-state index contributed by atoms with van der Waals surface area (Å²) in [4.78, 5) is 0. The SMILES string of the molecule is CCC(C)Nc1ccccc1CNC. The molecule has 78 valence electrons. The molecular formula is C12H20N2. The molecule has 1 unspecified atom stereocenters. The second-order valence-electron chi connectivity index (χ2n) is 3.64. The zero-order chi connectivity index (χ0) is 10.4. The van der Waals surface area contributed by atoms with Gasteiger partial charge >= 0.3 is 0 Å². The van der Waals surface area contributed by atoms with Gasteiger partial charge in [0.1, 0.15) is 0 Å². The molecule has 0 radical (unpaired) electrons. The van der Waals surface area contributed by atoms with Crippen LogP contribution < -0.4 is 10.6 Å². The Kier molecular flexibility index (Phi) is 4.47. The van der Waals surface area contributed by atoms with E-state index in [1.807, 2.05) is 7.05 Å². The van der Waals surface area contributed by atoms with Crippen molar-refractivity contribution in [1.82, 2.24) is 5.32 Å². The van der Waals surface area contributed by atoms with E-state index in [0.717, 1.165) is 13.0 Å². The number of benzene rings is 1. The van der Waals surface area contributed by atoms with E-state index < -0.39 is 0 Å². The monoisotopic (exact) mass is 192 g/mol. The highest BCUT2D eigenvalue weighted by molar-refractivity contribution is 5.51. The summed E-state index contributed by atoms with van der Waals surface area (Å²) in [7, 11) is 1.97. The van der Waals surface area contributed by atoms with Gasteiger partial charge in [0.2, 0.25) is 0 Å². The Morgan fingerprint density at radius 3 is 2.64 bits per heavy atom. The average Bonchev–Trinajstić information content (AvgIpc) is 2.21. The van der Waals surface area contributed by atoms with E-state index in [9.17, 15) is 0 Å². The van der Waals surface area contributed by atoms with Gasteiger partial charge in [0, 0.05) is 18.3 Å². The van der Waals surface area contributed by atoms with Crippen molar-refractivity contribution in [1.29, 1.82) is 0 Å². The fourth-order valence-corrected chi connectivity index (χ4v) is 1.37. The van der Waals surface area contributed by atoms with Crippen LogP contribution in [0.3, 0.4) is 0 Å². The first-order chi connectivity index (χ1) is 6.77. The minimum Gasteiger partial charge on any atom is -0.382 e. The quantitative estimate of drug-likeness (QED) is 0.749. The zero-order valence-corrected chi connectivity index (χ0v) is 9.30. The van der Waals surface area contributed by atoms with Crippen molar-refractivity contribution >= 4 is 5.69 Å². The Labute approximate surface area is 86.7 Å². The van der Waals surface area contributed by atoms with Crippen LogP contribution in [0.4, 0.5) is 5.69 Å². The fraction of sp³-hybridized carbons (Fsp3) is 0.500. The lowest BCUT2D eigenvalue weighted by molar-refractivity contribution is 0.756. The van der Waals surface area contributed by atoms with E-state index in [0.29, 0.717) is 6.04 Å². The van der Waals surface area contributed by atoms with Gasteiger partial charge in [0.05, 0.1) is 0 Å². The molecule has 0 bridgehead atoms. The lowest BCUT2D eigenvalue weighted by atomic mass is 10.1. The molecule has 0 spiro atoms. The molecule has 1 atom stereocenters. The van der Waals surface area contributed by atoms with Gasteiger partial charge in [-0.05, 0) is 32.0 Å². The first-order valence-corrected chi connectivity index (χ1v) is 5.27. The molecule has 2 nitrogen and oxygen atoms in total. The normalized spacial score (nSPS) is 12.5. The summed E-state index contributed by atoms with van der Waals surface area (Å²) in [6, 6.07) is 8.98. The second-order valence-corrected chi connectivity index (χ2v) is 3.64. The maximum Gasteiger partial charge on any atom is 0.0387 e. The molecule has 0 amide bonds. The first-order valence-electron chi connectivity index (χ1n) is 5.27. The molecule has 0 saturated heterocycles. The molecular weight excluding hydrogens is 172 g/mol. The van der Waals surface area contributed by atoms with Crippen molar-refractivity contribution in [3.8, 4) is 0 Å². The Hall–Kier alpha value is -1.02. The van der Waals surface area contributed by atoms with E-state index in [2.05, 4.69) is 48.7 Å². The average molecular weight is 192 g/mol. The Balaban J connectivity index is 2.73. The molecule has 0 saturated carbocycles. The minimum atomic E-state index is 0.535. The maximum absolute atomic E-state index is 3.50. The third-order valence-electron chi connectivity index (χ3n) is 2.40. The molecule has 0 aromatic heterocycles. The summed E-state index contributed by atoms with van der Waals surface area (Å²) in [5.41, 5.74) is 2.58. The van der Waals surface area contributed by atoms with Crippen LogP contribution in [0.15, 0.2) is 24.3 Å². The number of anilines is 1. The minimum absolute atomic E-state index is 0.535. The van der Waals surface area contributed by atoms with Crippen LogP contribution in [-0.4, -0.2) is 13.1 Å². The Morgan fingerprint density at radius 2 is 2.00 bits per heavy atom. The molecule has 14 heavy (non-hydrogen) atoms. The summed E-state index contributed by atoms with van der Waals surface area (Å²) in [5, 5.41) is 6.68. The molecule has 0 heterocycles. The molecule has 1 aromatic carbocycles. The van der Waals surface area contributed by atoms with Gasteiger partial charge in [0.25, 0.3) is 0 Å². The summed E-state index contributed by atoms with van der Waals surface area (Å²) in [6.07, 6.45) is 1.15. The van der Waals surface area contributed by atoms with Crippen molar-refractivity contribution in [3.63, 3.8) is 0 Å². The molecule has 1 rings (SSSR count). The summed E-state index contributed by atoms with van der Waals surface area (Å²) in [6.45, 7) is 5.31. The predicted molar refractivity (Wildman–Crippen MR) is 62.6 cm³/mol. The van der Waals surface area contributed by atoms with E-state index in [-0.39, 0.29) is 0 Å². The first kappa shape index (κ1) is 11.1. The van der Waals surface area contributed by atoms with Gasteiger partial charge in [-0.3, -0.25) is 0 Å². The largest absolute Gasteiger partial charge is 0.382 e. The molecule has 0 aliphatic heterocycles. The van der Waals surface area contributed by atoms with Gasteiger partial charge in [-0.25, -0.2) is 0 Å². The topological polar surface area (TPSA) is 24.1 Å². The maximum atomic E-state index is 3.50. The van der Waals surface area contributed by atoms with Gasteiger partial charge in [0.15, 0.2) is 0 Å². The standard InChI is InChI=1S/C12H20N2/c1-4-10(2)14-12-8-6-5-7-11(12)9-13-3/h5-8,10,13-14H,4,9H2,1-3H3. The molecule has 2 N–H and O–H groups in total. The lowest BCUT2D eigenvalue weighted by Gasteiger charge is -2.16. The van der Waals surface area contributed by atoms with E-state index >= 15 is 0 Å². The van der Waals surface area contributed by atoms with E-state index in [4.69, 9.17) is 0 Å². The number of rotatable bonds is 5. The van der Waals surface area contributed by atoms with Crippen LogP contribution in [0.25, 0.3) is 0 Å². The number of hydrogen-bond donors (Lipinski definition) is 2. The molecule has 0 aliphatic carbocycles. The molecule has 0 fully saturated rings. The van der Waals surface area contributed by atoms with Crippen LogP contribution in [-0.2, 0) is 6.54 Å². The Morgan fingerprint density at radius 1 is 1.29 bits per heavy atom. The van der Waals surface area contributed by atoms with Gasteiger partial charge < -0.3 is 10.6 Å². The smallest absolute Gasteiger partial charge is 0.0387 e. The van der Waals surface area contributed by atoms with Crippen molar-refractivity contribution in [3.05, 3.63) is 29.8 Å². The van der Waals surface area contributed by atoms with Gasteiger partial charge in [-0.2, -0.15) is 0 Å². The third kappa shape index (κ3) is 3.04. The van der Waals surface area contributed by atoms with Crippen LogP contribution in [0, 0.1) is 0 Å².